The zero-order valence-electron chi connectivity index (χ0n) is 16.9. The van der Waals surface area contributed by atoms with Crippen LogP contribution in [0, 0.1) is 11.6 Å². The number of aryl methyl sites for hydroxylation is 1. The van der Waals surface area contributed by atoms with Crippen molar-refractivity contribution in [2.45, 2.75) is 24.6 Å². The molecular formula is C19H22F2N2O6S. The van der Waals surface area contributed by atoms with E-state index in [-0.39, 0.29) is 29.8 Å². The maximum atomic E-state index is 14.6. The molecule has 1 unspecified atom stereocenters. The van der Waals surface area contributed by atoms with E-state index in [1.54, 1.807) is 0 Å². The SMILES string of the molecule is CONC(=O)C(C)(CCn1cc(F)c(-c2ccc(OC)cc2F)cc1=O)S(C)(=O)=O. The van der Waals surface area contributed by atoms with Crippen LogP contribution in [-0.2, 0) is 26.0 Å². The van der Waals surface area contributed by atoms with E-state index < -0.39 is 37.7 Å². The summed E-state index contributed by atoms with van der Waals surface area (Å²) in [5, 5.41) is 0. The molecule has 1 N–H and O–H groups in total. The van der Waals surface area contributed by atoms with E-state index in [1.165, 1.54) is 26.2 Å². The summed E-state index contributed by atoms with van der Waals surface area (Å²) in [6.07, 6.45) is 1.40. The predicted octanol–water partition coefficient (Wildman–Crippen LogP) is 1.67. The van der Waals surface area contributed by atoms with Crippen LogP contribution < -0.4 is 15.8 Å². The first kappa shape index (κ1) is 23.5. The van der Waals surface area contributed by atoms with Crippen molar-refractivity contribution in [1.82, 2.24) is 10.0 Å². The molecule has 30 heavy (non-hydrogen) atoms. The number of amides is 1. The highest BCUT2D eigenvalue weighted by Gasteiger charge is 2.43. The Hall–Kier alpha value is -2.79. The summed E-state index contributed by atoms with van der Waals surface area (Å²) < 4.78 is 57.1. The average Bonchev–Trinajstić information content (AvgIpc) is 2.67. The number of ether oxygens (including phenoxy) is 1. The van der Waals surface area contributed by atoms with Crippen molar-refractivity contribution in [3.05, 3.63) is 52.5 Å². The summed E-state index contributed by atoms with van der Waals surface area (Å²) in [7, 11) is -1.40. The summed E-state index contributed by atoms with van der Waals surface area (Å²) in [5.41, 5.74) is 0.902. The molecule has 0 spiro atoms. The Balaban J connectivity index is 2.38. The molecule has 2 rings (SSSR count). The lowest BCUT2D eigenvalue weighted by atomic mass is 10.0. The van der Waals surface area contributed by atoms with Crippen LogP contribution in [-0.4, -0.2) is 44.1 Å². The van der Waals surface area contributed by atoms with Gasteiger partial charge >= 0.3 is 0 Å². The maximum Gasteiger partial charge on any atom is 0.264 e. The lowest BCUT2D eigenvalue weighted by molar-refractivity contribution is -0.133. The number of benzene rings is 1. The van der Waals surface area contributed by atoms with E-state index in [0.717, 1.165) is 36.3 Å². The number of carbonyl (C=O) groups excluding carboxylic acids is 1. The van der Waals surface area contributed by atoms with Gasteiger partial charge in [0, 0.05) is 42.3 Å². The van der Waals surface area contributed by atoms with Crippen molar-refractivity contribution in [2.75, 3.05) is 20.5 Å². The second-order valence-electron chi connectivity index (χ2n) is 6.80. The molecule has 1 heterocycles. The molecule has 1 amide bonds. The van der Waals surface area contributed by atoms with Crippen LogP contribution in [0.4, 0.5) is 8.78 Å². The normalized spacial score (nSPS) is 13.5. The summed E-state index contributed by atoms with van der Waals surface area (Å²) in [6.45, 7) is 0.904. The fourth-order valence-corrected chi connectivity index (χ4v) is 3.61. The summed E-state index contributed by atoms with van der Waals surface area (Å²) >= 11 is 0. The minimum Gasteiger partial charge on any atom is -0.497 e. The number of methoxy groups -OCH3 is 1. The number of nitrogens with zero attached hydrogens (tertiary/aromatic N) is 1. The molecule has 164 valence electrons. The number of aromatic nitrogens is 1. The number of rotatable bonds is 8. The van der Waals surface area contributed by atoms with E-state index >= 15 is 0 Å². The van der Waals surface area contributed by atoms with Gasteiger partial charge in [-0.3, -0.25) is 14.4 Å². The van der Waals surface area contributed by atoms with Gasteiger partial charge in [-0.2, -0.15) is 0 Å². The largest absolute Gasteiger partial charge is 0.497 e. The third-order valence-corrected chi connectivity index (χ3v) is 6.89. The fraction of sp³-hybridized carbons (Fsp3) is 0.368. The first-order chi connectivity index (χ1) is 13.9. The molecule has 0 radical (unpaired) electrons. The van der Waals surface area contributed by atoms with Gasteiger partial charge in [0.05, 0.1) is 14.2 Å². The lowest BCUT2D eigenvalue weighted by Gasteiger charge is -2.26. The first-order valence-electron chi connectivity index (χ1n) is 8.71. The minimum absolute atomic E-state index is 0.127. The molecule has 0 saturated carbocycles. The Morgan fingerprint density at radius 3 is 2.37 bits per heavy atom. The molecule has 8 nitrogen and oxygen atoms in total. The number of sulfone groups is 1. The molecule has 0 bridgehead atoms. The third kappa shape index (κ3) is 4.68. The van der Waals surface area contributed by atoms with Crippen LogP contribution in [0.5, 0.6) is 5.75 Å². The molecule has 1 atom stereocenters. The second-order valence-corrected chi connectivity index (χ2v) is 9.25. The number of halogens is 2. The van der Waals surface area contributed by atoms with Crippen molar-refractivity contribution < 1.29 is 31.6 Å². The van der Waals surface area contributed by atoms with Gasteiger partial charge in [-0.1, -0.05) is 0 Å². The van der Waals surface area contributed by atoms with Gasteiger partial charge in [0.1, 0.15) is 17.4 Å². The minimum atomic E-state index is -3.91. The second kappa shape index (κ2) is 8.92. The van der Waals surface area contributed by atoms with Crippen molar-refractivity contribution >= 4 is 15.7 Å². The fourth-order valence-electron chi connectivity index (χ4n) is 2.77. The molecule has 0 fully saturated rings. The standard InChI is InChI=1S/C19H22F2N2O6S/c1-19(30(4,26)27,18(25)22-29-3)7-8-23-11-16(21)14(10-17(23)24)13-6-5-12(28-2)9-15(13)20/h5-6,9-11H,7-8H2,1-4H3,(H,22,25). The number of hydroxylamine groups is 1. The van der Waals surface area contributed by atoms with Crippen molar-refractivity contribution in [2.24, 2.45) is 0 Å². The number of hydrogen-bond acceptors (Lipinski definition) is 6. The average molecular weight is 444 g/mol. The van der Waals surface area contributed by atoms with E-state index in [1.807, 2.05) is 5.48 Å². The molecule has 0 aliphatic heterocycles. The van der Waals surface area contributed by atoms with Crippen LogP contribution in [0.25, 0.3) is 11.1 Å². The number of hydrogen-bond donors (Lipinski definition) is 1. The summed E-state index contributed by atoms with van der Waals surface area (Å²) in [5.74, 6) is -2.34. The Kier molecular flexibility index (Phi) is 6.99. The zero-order chi connectivity index (χ0) is 22.7. The van der Waals surface area contributed by atoms with Gasteiger partial charge in [-0.25, -0.2) is 22.7 Å². The number of nitrogens with one attached hydrogen (secondary N) is 1. The van der Waals surface area contributed by atoms with Crippen molar-refractivity contribution in [3.63, 3.8) is 0 Å². The van der Waals surface area contributed by atoms with Crippen molar-refractivity contribution in [1.29, 1.82) is 0 Å². The van der Waals surface area contributed by atoms with E-state index in [4.69, 9.17) is 4.74 Å². The number of pyridine rings is 1. The summed E-state index contributed by atoms with van der Waals surface area (Å²) in [4.78, 5) is 29.1. The van der Waals surface area contributed by atoms with Crippen LogP contribution >= 0.6 is 0 Å². The quantitative estimate of drug-likeness (QED) is 0.622. The lowest BCUT2D eigenvalue weighted by Crippen LogP contribution is -2.50. The van der Waals surface area contributed by atoms with Crippen LogP contribution in [0.15, 0.2) is 35.3 Å². The van der Waals surface area contributed by atoms with Crippen LogP contribution in [0.3, 0.4) is 0 Å². The zero-order valence-corrected chi connectivity index (χ0v) is 17.7. The Morgan fingerprint density at radius 1 is 1.17 bits per heavy atom. The Labute approximate surface area is 172 Å². The Morgan fingerprint density at radius 2 is 1.83 bits per heavy atom. The smallest absolute Gasteiger partial charge is 0.264 e. The highest BCUT2D eigenvalue weighted by Crippen LogP contribution is 2.28. The predicted molar refractivity (Wildman–Crippen MR) is 106 cm³/mol. The molecular weight excluding hydrogens is 422 g/mol. The van der Waals surface area contributed by atoms with Crippen LogP contribution in [0.1, 0.15) is 13.3 Å². The molecule has 0 aliphatic rings. The van der Waals surface area contributed by atoms with E-state index in [0.29, 0.717) is 0 Å². The molecule has 0 aliphatic carbocycles. The van der Waals surface area contributed by atoms with Gasteiger partial charge in [-0.05, 0) is 25.5 Å². The van der Waals surface area contributed by atoms with Gasteiger partial charge in [0.15, 0.2) is 14.6 Å². The monoisotopic (exact) mass is 444 g/mol. The van der Waals surface area contributed by atoms with Gasteiger partial charge in [0.25, 0.3) is 11.5 Å². The number of carbonyl (C=O) groups is 1. The highest BCUT2D eigenvalue weighted by atomic mass is 32.2. The third-order valence-electron chi connectivity index (χ3n) is 4.87. The Bertz CT molecular complexity index is 1120. The highest BCUT2D eigenvalue weighted by molar-refractivity contribution is 7.92. The molecule has 1 aromatic heterocycles. The van der Waals surface area contributed by atoms with Gasteiger partial charge in [0.2, 0.25) is 0 Å². The van der Waals surface area contributed by atoms with Crippen LogP contribution in [0.2, 0.25) is 0 Å². The van der Waals surface area contributed by atoms with Gasteiger partial charge < -0.3 is 9.30 Å². The molecule has 1 aromatic carbocycles. The molecule has 2 aromatic rings. The molecule has 0 saturated heterocycles. The first-order valence-corrected chi connectivity index (χ1v) is 10.6. The van der Waals surface area contributed by atoms with Gasteiger partial charge in [-0.15, -0.1) is 0 Å². The maximum absolute atomic E-state index is 14.6. The van der Waals surface area contributed by atoms with E-state index in [9.17, 15) is 26.8 Å². The van der Waals surface area contributed by atoms with E-state index in [2.05, 4.69) is 4.84 Å². The summed E-state index contributed by atoms with van der Waals surface area (Å²) in [6, 6.07) is 4.68. The topological polar surface area (TPSA) is 104 Å². The molecule has 11 heteroatoms. The van der Waals surface area contributed by atoms with Crippen molar-refractivity contribution in [3.8, 4) is 16.9 Å².